The zero-order valence-corrected chi connectivity index (χ0v) is 9.42. The molecule has 0 bridgehead atoms. The van der Waals surface area contributed by atoms with Crippen LogP contribution in [0.2, 0.25) is 0 Å². The van der Waals surface area contributed by atoms with Gasteiger partial charge in [-0.2, -0.15) is 5.10 Å². The van der Waals surface area contributed by atoms with Crippen molar-refractivity contribution in [2.45, 2.75) is 44.4 Å². The molecule has 1 aliphatic carbocycles. The average molecular weight is 205 g/mol. The molecular formula is C12H19N3. The van der Waals surface area contributed by atoms with Gasteiger partial charge in [0.25, 0.3) is 0 Å². The van der Waals surface area contributed by atoms with E-state index in [1.54, 1.807) is 0 Å². The number of anilines is 1. The van der Waals surface area contributed by atoms with E-state index in [0.29, 0.717) is 0 Å². The molecule has 82 valence electrons. The van der Waals surface area contributed by atoms with E-state index in [4.69, 9.17) is 5.10 Å². The lowest BCUT2D eigenvalue weighted by Gasteiger charge is -2.16. The van der Waals surface area contributed by atoms with Gasteiger partial charge in [0.1, 0.15) is 5.82 Å². The van der Waals surface area contributed by atoms with Crippen LogP contribution in [0, 0.1) is 0 Å². The lowest BCUT2D eigenvalue weighted by atomic mass is 9.96. The summed E-state index contributed by atoms with van der Waals surface area (Å²) in [5.41, 5.74) is 2.91. The second-order valence-electron chi connectivity index (χ2n) is 4.85. The van der Waals surface area contributed by atoms with Gasteiger partial charge >= 0.3 is 0 Å². The second-order valence-corrected chi connectivity index (χ2v) is 4.85. The Bertz CT molecular complexity index is 361. The summed E-state index contributed by atoms with van der Waals surface area (Å²) in [5, 5.41) is 8.20. The third-order valence-corrected chi connectivity index (χ3v) is 3.81. The first-order chi connectivity index (χ1) is 7.36. The Balaban J connectivity index is 1.99. The van der Waals surface area contributed by atoms with E-state index in [2.05, 4.69) is 12.4 Å². The highest BCUT2D eigenvalue weighted by molar-refractivity contribution is 5.50. The number of aryl methyl sites for hydroxylation is 1. The van der Waals surface area contributed by atoms with Crippen LogP contribution >= 0.6 is 0 Å². The summed E-state index contributed by atoms with van der Waals surface area (Å²) >= 11 is 0. The largest absolute Gasteiger partial charge is 0.370 e. The SMILES string of the molecule is Cn1nc(C2CCCC2)c2c1NCCC2. The summed E-state index contributed by atoms with van der Waals surface area (Å²) in [4.78, 5) is 0. The fraction of sp³-hybridized carbons (Fsp3) is 0.750. The molecule has 2 aliphatic rings. The fourth-order valence-corrected chi connectivity index (χ4v) is 3.06. The Morgan fingerprint density at radius 2 is 2.07 bits per heavy atom. The van der Waals surface area contributed by atoms with Crippen LogP contribution in [0.25, 0.3) is 0 Å². The van der Waals surface area contributed by atoms with E-state index in [9.17, 15) is 0 Å². The molecular weight excluding hydrogens is 186 g/mol. The van der Waals surface area contributed by atoms with Gasteiger partial charge in [-0.15, -0.1) is 0 Å². The van der Waals surface area contributed by atoms with Crippen molar-refractivity contribution in [3.05, 3.63) is 11.3 Å². The highest BCUT2D eigenvalue weighted by Gasteiger charge is 2.26. The first-order valence-corrected chi connectivity index (χ1v) is 6.16. The number of nitrogens with zero attached hydrogens (tertiary/aromatic N) is 2. The molecule has 0 amide bonds. The smallest absolute Gasteiger partial charge is 0.127 e. The van der Waals surface area contributed by atoms with Crippen LogP contribution in [0.4, 0.5) is 5.82 Å². The number of nitrogens with one attached hydrogen (secondary N) is 1. The third kappa shape index (κ3) is 1.45. The zero-order valence-electron chi connectivity index (χ0n) is 9.42. The van der Waals surface area contributed by atoms with Gasteiger partial charge in [-0.1, -0.05) is 12.8 Å². The molecule has 0 aromatic carbocycles. The predicted molar refractivity (Wildman–Crippen MR) is 61.2 cm³/mol. The maximum absolute atomic E-state index is 4.73. The Morgan fingerprint density at radius 1 is 1.27 bits per heavy atom. The zero-order chi connectivity index (χ0) is 10.3. The Kier molecular flexibility index (Phi) is 2.19. The van der Waals surface area contributed by atoms with E-state index in [-0.39, 0.29) is 0 Å². The molecule has 0 radical (unpaired) electrons. The minimum atomic E-state index is 0.750. The molecule has 0 atom stereocenters. The normalized spacial score (nSPS) is 21.4. The Morgan fingerprint density at radius 3 is 2.87 bits per heavy atom. The standard InChI is InChI=1S/C12H19N3/c1-15-12-10(7-4-8-13-12)11(14-15)9-5-2-3-6-9/h9,13H,2-8H2,1H3. The van der Waals surface area contributed by atoms with Crippen LogP contribution in [0.5, 0.6) is 0 Å². The van der Waals surface area contributed by atoms with Crippen LogP contribution in [-0.2, 0) is 13.5 Å². The fourth-order valence-electron chi connectivity index (χ4n) is 3.06. The van der Waals surface area contributed by atoms with Crippen molar-refractivity contribution in [3.63, 3.8) is 0 Å². The Labute approximate surface area is 90.9 Å². The van der Waals surface area contributed by atoms with Crippen molar-refractivity contribution in [2.75, 3.05) is 11.9 Å². The van der Waals surface area contributed by atoms with Crippen LogP contribution < -0.4 is 5.32 Å². The van der Waals surface area contributed by atoms with Gasteiger partial charge in [0.15, 0.2) is 0 Å². The van der Waals surface area contributed by atoms with E-state index in [0.717, 1.165) is 12.5 Å². The lowest BCUT2D eigenvalue weighted by molar-refractivity contribution is 0.656. The second kappa shape index (κ2) is 3.54. The maximum Gasteiger partial charge on any atom is 0.127 e. The molecule has 1 saturated carbocycles. The number of aromatic nitrogens is 2. The highest BCUT2D eigenvalue weighted by Crippen LogP contribution is 2.38. The molecule has 0 spiro atoms. The maximum atomic E-state index is 4.73. The number of rotatable bonds is 1. The van der Waals surface area contributed by atoms with Crippen molar-refractivity contribution in [1.29, 1.82) is 0 Å². The molecule has 1 aliphatic heterocycles. The molecule has 0 saturated heterocycles. The molecule has 3 nitrogen and oxygen atoms in total. The van der Waals surface area contributed by atoms with Crippen LogP contribution in [-0.4, -0.2) is 16.3 Å². The summed E-state index contributed by atoms with van der Waals surface area (Å²) < 4.78 is 2.04. The molecule has 15 heavy (non-hydrogen) atoms. The van der Waals surface area contributed by atoms with Crippen molar-refractivity contribution in [1.82, 2.24) is 9.78 Å². The van der Waals surface area contributed by atoms with Crippen LogP contribution in [0.1, 0.15) is 49.3 Å². The first-order valence-electron chi connectivity index (χ1n) is 6.16. The van der Waals surface area contributed by atoms with Crippen molar-refractivity contribution in [3.8, 4) is 0 Å². The lowest BCUT2D eigenvalue weighted by Crippen LogP contribution is -2.14. The van der Waals surface area contributed by atoms with Gasteiger partial charge < -0.3 is 5.32 Å². The number of hydrogen-bond donors (Lipinski definition) is 1. The molecule has 0 unspecified atom stereocenters. The average Bonchev–Trinajstić information content (AvgIpc) is 2.87. The Hall–Kier alpha value is -0.990. The van der Waals surface area contributed by atoms with E-state index < -0.39 is 0 Å². The van der Waals surface area contributed by atoms with Gasteiger partial charge in [0.05, 0.1) is 5.69 Å². The molecule has 1 aromatic rings. The van der Waals surface area contributed by atoms with Gasteiger partial charge in [0, 0.05) is 25.1 Å². The van der Waals surface area contributed by atoms with Crippen LogP contribution in [0.15, 0.2) is 0 Å². The molecule has 3 heteroatoms. The predicted octanol–water partition coefficient (Wildman–Crippen LogP) is 2.44. The molecule has 1 N–H and O–H groups in total. The summed E-state index contributed by atoms with van der Waals surface area (Å²) in [7, 11) is 2.07. The first kappa shape index (κ1) is 9.25. The minimum absolute atomic E-state index is 0.750. The highest BCUT2D eigenvalue weighted by atomic mass is 15.3. The quantitative estimate of drug-likeness (QED) is 0.763. The monoisotopic (exact) mass is 205 g/mol. The van der Waals surface area contributed by atoms with E-state index in [1.165, 1.54) is 55.6 Å². The van der Waals surface area contributed by atoms with Crippen molar-refractivity contribution >= 4 is 5.82 Å². The summed E-state index contributed by atoms with van der Waals surface area (Å²) in [5.74, 6) is 2.03. The van der Waals surface area contributed by atoms with Gasteiger partial charge in [-0.05, 0) is 25.7 Å². The van der Waals surface area contributed by atoms with Gasteiger partial charge in [0.2, 0.25) is 0 Å². The number of hydrogen-bond acceptors (Lipinski definition) is 2. The molecule has 3 rings (SSSR count). The third-order valence-electron chi connectivity index (χ3n) is 3.81. The summed E-state index contributed by atoms with van der Waals surface area (Å²) in [6.07, 6.45) is 7.97. The minimum Gasteiger partial charge on any atom is -0.370 e. The van der Waals surface area contributed by atoms with Crippen LogP contribution in [0.3, 0.4) is 0 Å². The molecule has 2 heterocycles. The van der Waals surface area contributed by atoms with Gasteiger partial charge in [-0.3, -0.25) is 4.68 Å². The topological polar surface area (TPSA) is 29.9 Å². The molecule has 1 aromatic heterocycles. The number of fused-ring (bicyclic) bond motifs is 1. The van der Waals surface area contributed by atoms with Crippen molar-refractivity contribution in [2.24, 2.45) is 7.05 Å². The van der Waals surface area contributed by atoms with E-state index >= 15 is 0 Å². The summed E-state index contributed by atoms with van der Waals surface area (Å²) in [6, 6.07) is 0. The molecule has 1 fully saturated rings. The van der Waals surface area contributed by atoms with Crippen molar-refractivity contribution < 1.29 is 0 Å². The van der Waals surface area contributed by atoms with Gasteiger partial charge in [-0.25, -0.2) is 0 Å². The van der Waals surface area contributed by atoms with E-state index in [1.807, 2.05) is 4.68 Å². The summed E-state index contributed by atoms with van der Waals surface area (Å²) in [6.45, 7) is 1.11.